The highest BCUT2D eigenvalue weighted by Crippen LogP contribution is 2.23. The highest BCUT2D eigenvalue weighted by Gasteiger charge is 2.15. The van der Waals surface area contributed by atoms with Gasteiger partial charge < -0.3 is 16.0 Å². The second kappa shape index (κ2) is 4.68. The van der Waals surface area contributed by atoms with E-state index in [2.05, 4.69) is 10.3 Å². The lowest BCUT2D eigenvalue weighted by atomic mass is 10.0. The first-order chi connectivity index (χ1) is 8.90. The molecular formula is C12H11F2N3O2. The van der Waals surface area contributed by atoms with Crippen LogP contribution >= 0.6 is 0 Å². The van der Waals surface area contributed by atoms with Crippen LogP contribution in [0.1, 0.15) is 18.5 Å². The monoisotopic (exact) mass is 267 g/mol. The van der Waals surface area contributed by atoms with Crippen molar-refractivity contribution in [1.29, 1.82) is 0 Å². The first-order valence-electron chi connectivity index (χ1n) is 5.46. The van der Waals surface area contributed by atoms with Crippen LogP contribution in [0.25, 0.3) is 10.8 Å². The van der Waals surface area contributed by atoms with Gasteiger partial charge in [-0.1, -0.05) is 0 Å². The van der Waals surface area contributed by atoms with Gasteiger partial charge in [0.1, 0.15) is 0 Å². The number of aromatic nitrogens is 1. The van der Waals surface area contributed by atoms with Gasteiger partial charge in [0.05, 0.1) is 11.4 Å². The number of nitrogens with two attached hydrogens (primary N) is 1. The summed E-state index contributed by atoms with van der Waals surface area (Å²) in [5, 5.41) is 2.64. The third-order valence-corrected chi connectivity index (χ3v) is 2.80. The van der Waals surface area contributed by atoms with Crippen molar-refractivity contribution in [2.75, 3.05) is 0 Å². The SMILES string of the molecule is C[C@H](NC(N)=O)c1c[nH]c(=O)c2cc(F)c(F)cc12. The predicted molar refractivity (Wildman–Crippen MR) is 65.6 cm³/mol. The maximum absolute atomic E-state index is 13.3. The molecule has 4 N–H and O–H groups in total. The molecule has 0 aliphatic heterocycles. The Bertz CT molecular complexity index is 712. The molecule has 0 radical (unpaired) electrons. The number of urea groups is 1. The van der Waals surface area contributed by atoms with Gasteiger partial charge in [-0.3, -0.25) is 4.79 Å². The third-order valence-electron chi connectivity index (χ3n) is 2.80. The van der Waals surface area contributed by atoms with E-state index in [1.165, 1.54) is 6.20 Å². The lowest BCUT2D eigenvalue weighted by molar-refractivity contribution is 0.246. The van der Waals surface area contributed by atoms with Crippen molar-refractivity contribution in [3.63, 3.8) is 0 Å². The number of H-pyrrole nitrogens is 1. The fourth-order valence-electron chi connectivity index (χ4n) is 1.92. The van der Waals surface area contributed by atoms with Gasteiger partial charge in [0, 0.05) is 6.20 Å². The van der Waals surface area contributed by atoms with Crippen molar-refractivity contribution < 1.29 is 13.6 Å². The van der Waals surface area contributed by atoms with Crippen LogP contribution in [0.4, 0.5) is 13.6 Å². The van der Waals surface area contributed by atoms with E-state index in [1.807, 2.05) is 0 Å². The molecule has 2 aromatic rings. The summed E-state index contributed by atoms with van der Waals surface area (Å²) in [4.78, 5) is 24.8. The lowest BCUT2D eigenvalue weighted by Gasteiger charge is -2.14. The number of hydrogen-bond donors (Lipinski definition) is 3. The number of rotatable bonds is 2. The number of carbonyl (C=O) groups is 1. The molecule has 19 heavy (non-hydrogen) atoms. The van der Waals surface area contributed by atoms with E-state index in [-0.39, 0.29) is 10.8 Å². The average Bonchev–Trinajstić information content (AvgIpc) is 2.31. The van der Waals surface area contributed by atoms with E-state index in [0.717, 1.165) is 12.1 Å². The van der Waals surface area contributed by atoms with Crippen molar-refractivity contribution in [1.82, 2.24) is 10.3 Å². The second-order valence-electron chi connectivity index (χ2n) is 4.12. The molecule has 0 fully saturated rings. The van der Waals surface area contributed by atoms with E-state index in [0.29, 0.717) is 5.56 Å². The molecule has 0 saturated carbocycles. The summed E-state index contributed by atoms with van der Waals surface area (Å²) < 4.78 is 26.4. The summed E-state index contributed by atoms with van der Waals surface area (Å²) in [6.45, 7) is 1.61. The number of hydrogen-bond acceptors (Lipinski definition) is 2. The Morgan fingerprint density at radius 1 is 1.32 bits per heavy atom. The minimum atomic E-state index is -1.11. The van der Waals surface area contributed by atoms with Crippen LogP contribution in [0.2, 0.25) is 0 Å². The van der Waals surface area contributed by atoms with Crippen molar-refractivity contribution in [3.05, 3.63) is 45.9 Å². The summed E-state index contributed by atoms with van der Waals surface area (Å²) >= 11 is 0. The van der Waals surface area contributed by atoms with E-state index in [4.69, 9.17) is 5.73 Å². The standard InChI is InChI=1S/C12H11F2N3O2/c1-5(17-12(15)19)8-4-16-11(18)7-3-10(14)9(13)2-6(7)8/h2-5H,1H3,(H,16,18)(H3,15,17,19)/t5-/m0/s1. The van der Waals surface area contributed by atoms with E-state index >= 15 is 0 Å². The Morgan fingerprint density at radius 2 is 1.89 bits per heavy atom. The van der Waals surface area contributed by atoms with E-state index in [9.17, 15) is 18.4 Å². The Morgan fingerprint density at radius 3 is 2.47 bits per heavy atom. The topological polar surface area (TPSA) is 88.0 Å². The van der Waals surface area contributed by atoms with Crippen LogP contribution in [0.5, 0.6) is 0 Å². The average molecular weight is 267 g/mol. The summed E-state index contributed by atoms with van der Waals surface area (Å²) in [5.41, 5.74) is 4.90. The normalized spacial score (nSPS) is 12.4. The lowest BCUT2D eigenvalue weighted by Crippen LogP contribution is -2.32. The van der Waals surface area contributed by atoms with Crippen LogP contribution < -0.4 is 16.6 Å². The highest BCUT2D eigenvalue weighted by atomic mass is 19.2. The quantitative estimate of drug-likeness (QED) is 0.770. The number of fused-ring (bicyclic) bond motifs is 1. The zero-order valence-electron chi connectivity index (χ0n) is 9.96. The molecule has 1 atom stereocenters. The molecule has 0 saturated heterocycles. The molecule has 0 aliphatic rings. The molecule has 2 rings (SSSR count). The number of primary amides is 1. The number of halogens is 2. The van der Waals surface area contributed by atoms with Gasteiger partial charge in [0.2, 0.25) is 0 Å². The van der Waals surface area contributed by atoms with Crippen LogP contribution in [-0.2, 0) is 0 Å². The van der Waals surface area contributed by atoms with Gasteiger partial charge in [0.15, 0.2) is 11.6 Å². The molecule has 100 valence electrons. The number of amides is 2. The minimum absolute atomic E-state index is 0.00882. The maximum atomic E-state index is 13.3. The molecule has 1 aromatic carbocycles. The minimum Gasteiger partial charge on any atom is -0.352 e. The van der Waals surface area contributed by atoms with Crippen LogP contribution in [0, 0.1) is 11.6 Å². The molecule has 2 amide bonds. The molecule has 0 unspecified atom stereocenters. The van der Waals surface area contributed by atoms with Gasteiger partial charge in [-0.05, 0) is 30.0 Å². The van der Waals surface area contributed by atoms with E-state index in [1.54, 1.807) is 6.92 Å². The summed E-state index contributed by atoms with van der Waals surface area (Å²) in [5.74, 6) is -2.17. The van der Waals surface area contributed by atoms with Crippen LogP contribution in [0.15, 0.2) is 23.1 Å². The summed E-state index contributed by atoms with van der Waals surface area (Å²) in [7, 11) is 0. The smallest absolute Gasteiger partial charge is 0.312 e. The van der Waals surface area contributed by atoms with Crippen molar-refractivity contribution in [2.24, 2.45) is 5.73 Å². The fraction of sp³-hybridized carbons (Fsp3) is 0.167. The van der Waals surface area contributed by atoms with Gasteiger partial charge >= 0.3 is 6.03 Å². The fourth-order valence-corrected chi connectivity index (χ4v) is 1.92. The molecule has 0 bridgehead atoms. The third kappa shape index (κ3) is 2.40. The summed E-state index contributed by atoms with van der Waals surface area (Å²) in [6, 6.07) is 0.439. The van der Waals surface area contributed by atoms with Gasteiger partial charge in [-0.2, -0.15) is 0 Å². The number of pyridine rings is 1. The Kier molecular flexibility index (Phi) is 3.20. The largest absolute Gasteiger partial charge is 0.352 e. The maximum Gasteiger partial charge on any atom is 0.312 e. The van der Waals surface area contributed by atoms with Crippen molar-refractivity contribution >= 4 is 16.8 Å². The number of nitrogens with one attached hydrogen (secondary N) is 2. The van der Waals surface area contributed by atoms with Crippen LogP contribution in [0.3, 0.4) is 0 Å². The molecule has 1 aromatic heterocycles. The van der Waals surface area contributed by atoms with Gasteiger partial charge in [-0.15, -0.1) is 0 Å². The Hall–Kier alpha value is -2.44. The van der Waals surface area contributed by atoms with Crippen LogP contribution in [-0.4, -0.2) is 11.0 Å². The van der Waals surface area contributed by atoms with Gasteiger partial charge in [-0.25, -0.2) is 13.6 Å². The zero-order chi connectivity index (χ0) is 14.2. The molecule has 1 heterocycles. The molecule has 0 spiro atoms. The Balaban J connectivity index is 2.69. The predicted octanol–water partition coefficient (Wildman–Crippen LogP) is 1.54. The first kappa shape index (κ1) is 13.0. The zero-order valence-corrected chi connectivity index (χ0v) is 9.96. The summed E-state index contributed by atoms with van der Waals surface area (Å²) in [6.07, 6.45) is 1.34. The second-order valence-corrected chi connectivity index (χ2v) is 4.12. The van der Waals surface area contributed by atoms with Crippen molar-refractivity contribution in [2.45, 2.75) is 13.0 Å². The van der Waals surface area contributed by atoms with Crippen molar-refractivity contribution in [3.8, 4) is 0 Å². The highest BCUT2D eigenvalue weighted by molar-refractivity contribution is 5.85. The van der Waals surface area contributed by atoms with E-state index < -0.39 is 29.3 Å². The van der Waals surface area contributed by atoms with Gasteiger partial charge in [0.25, 0.3) is 5.56 Å². The first-order valence-corrected chi connectivity index (χ1v) is 5.46. The molecule has 0 aliphatic carbocycles. The molecule has 5 nitrogen and oxygen atoms in total. The number of benzene rings is 1. The number of carbonyl (C=O) groups excluding carboxylic acids is 1. The Labute approximate surface area is 106 Å². The molecular weight excluding hydrogens is 256 g/mol. The molecule has 7 heteroatoms. The number of aromatic amines is 1.